The molecule has 1 N–H and O–H groups in total. The van der Waals surface area contributed by atoms with Crippen LogP contribution in [0.5, 0.6) is 0 Å². The van der Waals surface area contributed by atoms with Gasteiger partial charge in [0.25, 0.3) is 0 Å². The number of hydrogen-bond acceptors (Lipinski definition) is 2. The topological polar surface area (TPSA) is 29.5 Å². The number of fused-ring (bicyclic) bond motifs is 5. The van der Waals surface area contributed by atoms with E-state index in [1.807, 2.05) is 0 Å². The highest BCUT2D eigenvalue weighted by molar-refractivity contribution is 5.45. The van der Waals surface area contributed by atoms with Crippen molar-refractivity contribution in [2.24, 2.45) is 22.7 Å². The number of methoxy groups -OCH3 is 1. The van der Waals surface area contributed by atoms with E-state index >= 15 is 0 Å². The molecule has 0 aromatic heterocycles. The van der Waals surface area contributed by atoms with Gasteiger partial charge in [0.15, 0.2) is 0 Å². The molecule has 5 atom stereocenters. The summed E-state index contributed by atoms with van der Waals surface area (Å²) in [4.78, 5) is 0. The lowest BCUT2D eigenvalue weighted by atomic mass is 9.53. The summed E-state index contributed by atoms with van der Waals surface area (Å²) in [5.41, 5.74) is 3.42. The van der Waals surface area contributed by atoms with Crippen molar-refractivity contribution in [3.63, 3.8) is 0 Å². The third kappa shape index (κ3) is 1.76. The number of ether oxygens (including phenoxy) is 1. The molecule has 4 aliphatic carbocycles. The van der Waals surface area contributed by atoms with Crippen molar-refractivity contribution < 1.29 is 9.84 Å². The monoisotopic (exact) mass is 300 g/mol. The Balaban J connectivity index is 1.75. The van der Waals surface area contributed by atoms with Crippen molar-refractivity contribution in [1.29, 1.82) is 0 Å². The molecule has 0 saturated heterocycles. The van der Waals surface area contributed by atoms with E-state index in [9.17, 15) is 5.11 Å². The quantitative estimate of drug-likeness (QED) is 0.729. The molecule has 0 amide bonds. The molecular formula is C20H28O2. The zero-order valence-corrected chi connectivity index (χ0v) is 14.1. The third-order valence-corrected chi connectivity index (χ3v) is 7.32. The standard InChI is InChI=1S/C20H28O2/c1-19-10-8-14(22-3)12-13(19)4-5-15-16-6-7-18(21)20(16,2)11-9-17(15)19/h4,9,12,15-16,18,21H,5-8,10-11H2,1-3H3/t15?,16?,18-,19?,20-/m0/s1. The van der Waals surface area contributed by atoms with Crippen molar-refractivity contribution in [3.8, 4) is 0 Å². The molecule has 0 bridgehead atoms. The number of aliphatic hydroxyl groups is 1. The largest absolute Gasteiger partial charge is 0.501 e. The fourth-order valence-electron chi connectivity index (χ4n) is 5.75. The maximum absolute atomic E-state index is 10.5. The predicted molar refractivity (Wildman–Crippen MR) is 88.2 cm³/mol. The van der Waals surface area contributed by atoms with Crippen molar-refractivity contribution in [2.75, 3.05) is 7.11 Å². The molecule has 0 aromatic carbocycles. The van der Waals surface area contributed by atoms with E-state index in [-0.39, 0.29) is 16.9 Å². The van der Waals surface area contributed by atoms with E-state index < -0.39 is 0 Å². The fraction of sp³-hybridized carbons (Fsp3) is 0.700. The Morgan fingerprint density at radius 1 is 1.23 bits per heavy atom. The highest BCUT2D eigenvalue weighted by Gasteiger charge is 2.54. The highest BCUT2D eigenvalue weighted by atomic mass is 16.5. The van der Waals surface area contributed by atoms with Crippen molar-refractivity contribution in [2.45, 2.75) is 58.5 Å². The second kappa shape index (κ2) is 4.74. The van der Waals surface area contributed by atoms with E-state index in [1.54, 1.807) is 12.7 Å². The second-order valence-corrected chi connectivity index (χ2v) is 8.22. The van der Waals surface area contributed by atoms with Crippen LogP contribution in [0.2, 0.25) is 0 Å². The number of rotatable bonds is 1. The number of allylic oxidation sites excluding steroid dienone is 6. The molecule has 4 aliphatic rings. The highest BCUT2D eigenvalue weighted by Crippen LogP contribution is 2.62. The minimum atomic E-state index is -0.111. The van der Waals surface area contributed by atoms with Gasteiger partial charge in [-0.15, -0.1) is 0 Å². The molecular weight excluding hydrogens is 272 g/mol. The smallest absolute Gasteiger partial charge is 0.0958 e. The van der Waals surface area contributed by atoms with Gasteiger partial charge in [-0.25, -0.2) is 0 Å². The lowest BCUT2D eigenvalue weighted by Crippen LogP contribution is -2.44. The average molecular weight is 300 g/mol. The van der Waals surface area contributed by atoms with E-state index in [4.69, 9.17) is 4.74 Å². The van der Waals surface area contributed by atoms with Gasteiger partial charge in [-0.05, 0) is 55.6 Å². The van der Waals surface area contributed by atoms with Gasteiger partial charge in [0, 0.05) is 17.3 Å². The van der Waals surface area contributed by atoms with Crippen LogP contribution in [-0.2, 0) is 4.74 Å². The number of aliphatic hydroxyl groups excluding tert-OH is 1. The maximum Gasteiger partial charge on any atom is 0.0958 e. The Bertz CT molecular complexity index is 585. The maximum atomic E-state index is 10.5. The summed E-state index contributed by atoms with van der Waals surface area (Å²) >= 11 is 0. The number of hydrogen-bond donors (Lipinski definition) is 1. The molecule has 2 heteroatoms. The van der Waals surface area contributed by atoms with Crippen LogP contribution >= 0.6 is 0 Å². The van der Waals surface area contributed by atoms with E-state index in [0.29, 0.717) is 11.8 Å². The minimum absolute atomic E-state index is 0.109. The molecule has 1 saturated carbocycles. The summed E-state index contributed by atoms with van der Waals surface area (Å²) in [6, 6.07) is 0. The van der Waals surface area contributed by atoms with Gasteiger partial charge >= 0.3 is 0 Å². The predicted octanol–water partition coefficient (Wildman–Crippen LogP) is 4.37. The molecule has 0 radical (unpaired) electrons. The molecule has 1 fully saturated rings. The van der Waals surface area contributed by atoms with Gasteiger partial charge in [0.2, 0.25) is 0 Å². The van der Waals surface area contributed by atoms with Crippen LogP contribution in [0, 0.1) is 22.7 Å². The van der Waals surface area contributed by atoms with Crippen LogP contribution in [0.25, 0.3) is 0 Å². The third-order valence-electron chi connectivity index (χ3n) is 7.32. The Kier molecular flexibility index (Phi) is 3.14. The molecule has 120 valence electrons. The molecule has 3 unspecified atom stereocenters. The summed E-state index contributed by atoms with van der Waals surface area (Å²) in [6.45, 7) is 4.74. The first-order valence-electron chi connectivity index (χ1n) is 8.83. The summed E-state index contributed by atoms with van der Waals surface area (Å²) in [7, 11) is 1.78. The van der Waals surface area contributed by atoms with Gasteiger partial charge in [-0.1, -0.05) is 31.6 Å². The van der Waals surface area contributed by atoms with E-state index in [2.05, 4.69) is 32.1 Å². The van der Waals surface area contributed by atoms with Crippen LogP contribution in [-0.4, -0.2) is 18.3 Å². The van der Waals surface area contributed by atoms with Gasteiger partial charge in [0.05, 0.1) is 19.0 Å². The lowest BCUT2D eigenvalue weighted by molar-refractivity contribution is 0.0170. The lowest BCUT2D eigenvalue weighted by Gasteiger charge is -2.51. The molecule has 0 spiro atoms. The van der Waals surface area contributed by atoms with Gasteiger partial charge in [-0.3, -0.25) is 0 Å². The molecule has 4 rings (SSSR count). The molecule has 0 aliphatic heterocycles. The molecule has 2 nitrogen and oxygen atoms in total. The normalized spacial score (nSPS) is 46.7. The van der Waals surface area contributed by atoms with Crippen LogP contribution in [0.4, 0.5) is 0 Å². The summed E-state index contributed by atoms with van der Waals surface area (Å²) in [5, 5.41) is 10.5. The van der Waals surface area contributed by atoms with Gasteiger partial charge < -0.3 is 9.84 Å². The second-order valence-electron chi connectivity index (χ2n) is 8.22. The van der Waals surface area contributed by atoms with Crippen LogP contribution < -0.4 is 0 Å². The Hall–Kier alpha value is -1.02. The van der Waals surface area contributed by atoms with E-state index in [1.165, 1.54) is 12.0 Å². The Labute approximate surface area is 133 Å². The van der Waals surface area contributed by atoms with Gasteiger partial charge in [-0.2, -0.15) is 0 Å². The summed E-state index contributed by atoms with van der Waals surface area (Å²) in [6.07, 6.45) is 13.7. The van der Waals surface area contributed by atoms with Crippen LogP contribution in [0.1, 0.15) is 52.4 Å². The molecule has 0 heterocycles. The van der Waals surface area contributed by atoms with Crippen molar-refractivity contribution in [1.82, 2.24) is 0 Å². The summed E-state index contributed by atoms with van der Waals surface area (Å²) in [5.74, 6) is 2.42. The van der Waals surface area contributed by atoms with Crippen LogP contribution in [0.15, 0.2) is 35.1 Å². The summed E-state index contributed by atoms with van der Waals surface area (Å²) < 4.78 is 5.49. The zero-order valence-electron chi connectivity index (χ0n) is 14.1. The van der Waals surface area contributed by atoms with Gasteiger partial charge in [0.1, 0.15) is 0 Å². The minimum Gasteiger partial charge on any atom is -0.501 e. The Morgan fingerprint density at radius 3 is 2.82 bits per heavy atom. The van der Waals surface area contributed by atoms with Crippen molar-refractivity contribution >= 4 is 0 Å². The average Bonchev–Trinajstić information content (AvgIpc) is 2.82. The SMILES string of the molecule is COC1=CC2=CCC3C(=CC[C@@]4(C)C3CC[C@@H]4O)C2(C)CC1. The zero-order chi connectivity index (χ0) is 15.5. The first-order valence-corrected chi connectivity index (χ1v) is 8.83. The van der Waals surface area contributed by atoms with Crippen molar-refractivity contribution in [3.05, 3.63) is 35.1 Å². The molecule has 22 heavy (non-hydrogen) atoms. The Morgan fingerprint density at radius 2 is 2.05 bits per heavy atom. The van der Waals surface area contributed by atoms with E-state index in [0.717, 1.165) is 37.9 Å². The first-order chi connectivity index (χ1) is 10.5. The first kappa shape index (κ1) is 14.6. The van der Waals surface area contributed by atoms with Crippen LogP contribution in [0.3, 0.4) is 0 Å². The molecule has 0 aromatic rings. The fourth-order valence-corrected chi connectivity index (χ4v) is 5.75.